The summed E-state index contributed by atoms with van der Waals surface area (Å²) >= 11 is 0. The van der Waals surface area contributed by atoms with Crippen LogP contribution in [0.3, 0.4) is 0 Å². The number of nitrogens with zero attached hydrogens (tertiary/aromatic N) is 5. The van der Waals surface area contributed by atoms with Gasteiger partial charge in [-0.3, -0.25) is 9.69 Å². The van der Waals surface area contributed by atoms with Gasteiger partial charge in [-0.25, -0.2) is 13.8 Å². The molecule has 36 heavy (non-hydrogen) atoms. The van der Waals surface area contributed by atoms with Gasteiger partial charge in [0.2, 0.25) is 11.9 Å². The Balaban J connectivity index is 1.25. The van der Waals surface area contributed by atoms with Crippen LogP contribution in [0.2, 0.25) is 0 Å². The normalized spacial score (nSPS) is 20.0. The standard InChI is InChI=1S/C27H34F2N6O/c1-17(2)16-30-26(36)23-19-5-3-4-6-20(19)24-25(23)31-27(33-32-24)35-13-11-34(12-14-35)10-9-18-7-8-21(28)22(29)15-18/h7-8,15,17,23H,3-6,9-14,16H2,1-2H3,(H,30,36). The molecule has 1 aliphatic heterocycles. The van der Waals surface area contributed by atoms with Crippen molar-refractivity contribution in [2.75, 3.05) is 44.2 Å². The number of piperazine rings is 1. The molecule has 2 aromatic rings. The number of aromatic nitrogens is 3. The zero-order valence-corrected chi connectivity index (χ0v) is 21.1. The Labute approximate surface area is 211 Å². The van der Waals surface area contributed by atoms with Crippen LogP contribution in [0.25, 0.3) is 5.57 Å². The Bertz CT molecular complexity index is 1160. The zero-order chi connectivity index (χ0) is 25.2. The fraction of sp³-hybridized carbons (Fsp3) is 0.556. The van der Waals surface area contributed by atoms with Crippen molar-refractivity contribution in [3.63, 3.8) is 0 Å². The molecule has 1 unspecified atom stereocenters. The summed E-state index contributed by atoms with van der Waals surface area (Å²) in [5, 5.41) is 12.2. The summed E-state index contributed by atoms with van der Waals surface area (Å²) in [7, 11) is 0. The molecule has 1 N–H and O–H groups in total. The molecule has 0 bridgehead atoms. The molecule has 5 rings (SSSR count). The van der Waals surface area contributed by atoms with Crippen LogP contribution >= 0.6 is 0 Å². The van der Waals surface area contributed by atoms with Gasteiger partial charge in [-0.2, -0.15) is 0 Å². The molecule has 192 valence electrons. The number of allylic oxidation sites excluding steroid dienone is 1. The summed E-state index contributed by atoms with van der Waals surface area (Å²) in [5.74, 6) is -0.995. The lowest BCUT2D eigenvalue weighted by Crippen LogP contribution is -2.47. The smallest absolute Gasteiger partial charge is 0.245 e. The number of halogens is 2. The van der Waals surface area contributed by atoms with Gasteiger partial charge in [-0.1, -0.05) is 19.9 Å². The highest BCUT2D eigenvalue weighted by Gasteiger charge is 2.40. The van der Waals surface area contributed by atoms with E-state index >= 15 is 0 Å². The molecule has 1 amide bonds. The molecule has 1 atom stereocenters. The van der Waals surface area contributed by atoms with Crippen molar-refractivity contribution in [2.45, 2.75) is 51.9 Å². The number of hydrogen-bond acceptors (Lipinski definition) is 6. The first-order valence-electron chi connectivity index (χ1n) is 13.1. The van der Waals surface area contributed by atoms with E-state index in [4.69, 9.17) is 4.98 Å². The quantitative estimate of drug-likeness (QED) is 0.630. The van der Waals surface area contributed by atoms with Crippen LogP contribution in [0.4, 0.5) is 14.7 Å². The van der Waals surface area contributed by atoms with E-state index in [1.165, 1.54) is 23.3 Å². The Hall–Kier alpha value is -2.94. The third-order valence-electron chi connectivity index (χ3n) is 7.42. The predicted octanol–water partition coefficient (Wildman–Crippen LogP) is 3.71. The van der Waals surface area contributed by atoms with Crippen LogP contribution in [0, 0.1) is 17.6 Å². The second-order valence-electron chi connectivity index (χ2n) is 10.5. The molecule has 0 spiro atoms. The third-order valence-corrected chi connectivity index (χ3v) is 7.42. The van der Waals surface area contributed by atoms with Crippen molar-refractivity contribution in [3.05, 3.63) is 52.4 Å². The van der Waals surface area contributed by atoms with E-state index < -0.39 is 11.6 Å². The number of anilines is 1. The topological polar surface area (TPSA) is 74.2 Å². The second kappa shape index (κ2) is 10.6. The number of carbonyl (C=O) groups is 1. The average Bonchev–Trinajstić information content (AvgIpc) is 3.22. The van der Waals surface area contributed by atoms with Gasteiger partial charge in [0.1, 0.15) is 11.6 Å². The largest absolute Gasteiger partial charge is 0.355 e. The molecule has 3 aliphatic rings. The van der Waals surface area contributed by atoms with Gasteiger partial charge in [0.05, 0.1) is 5.69 Å². The highest BCUT2D eigenvalue weighted by Crippen LogP contribution is 2.47. The van der Waals surface area contributed by atoms with Gasteiger partial charge in [-0.15, -0.1) is 10.2 Å². The number of hydrogen-bond donors (Lipinski definition) is 1. The Morgan fingerprint density at radius 3 is 2.61 bits per heavy atom. The third kappa shape index (κ3) is 5.12. The maximum atomic E-state index is 13.5. The summed E-state index contributed by atoms with van der Waals surface area (Å²) in [6, 6.07) is 4.10. The molecule has 7 nitrogen and oxygen atoms in total. The molecule has 1 fully saturated rings. The molecule has 2 aliphatic carbocycles. The molecular weight excluding hydrogens is 462 g/mol. The first kappa shape index (κ1) is 24.7. The lowest BCUT2D eigenvalue weighted by Gasteiger charge is -2.34. The Morgan fingerprint density at radius 1 is 1.08 bits per heavy atom. The minimum Gasteiger partial charge on any atom is -0.355 e. The van der Waals surface area contributed by atoms with Crippen LogP contribution in [-0.2, 0) is 11.2 Å². The number of benzene rings is 1. The van der Waals surface area contributed by atoms with Crippen LogP contribution in [-0.4, -0.2) is 65.3 Å². The maximum absolute atomic E-state index is 13.5. The van der Waals surface area contributed by atoms with E-state index in [0.717, 1.165) is 75.4 Å². The maximum Gasteiger partial charge on any atom is 0.245 e. The van der Waals surface area contributed by atoms with Crippen molar-refractivity contribution in [1.82, 2.24) is 25.4 Å². The molecular formula is C27H34F2N6O. The van der Waals surface area contributed by atoms with E-state index in [2.05, 4.69) is 39.2 Å². The average molecular weight is 497 g/mol. The molecule has 2 heterocycles. The first-order valence-corrected chi connectivity index (χ1v) is 13.1. The highest BCUT2D eigenvalue weighted by molar-refractivity contribution is 5.94. The number of fused-ring (bicyclic) bond motifs is 2. The highest BCUT2D eigenvalue weighted by atomic mass is 19.2. The summed E-state index contributed by atoms with van der Waals surface area (Å²) in [6.07, 6.45) is 4.71. The van der Waals surface area contributed by atoms with E-state index in [1.807, 2.05) is 0 Å². The van der Waals surface area contributed by atoms with Crippen molar-refractivity contribution < 1.29 is 13.6 Å². The molecule has 1 aromatic carbocycles. The number of amides is 1. The van der Waals surface area contributed by atoms with E-state index in [0.29, 0.717) is 24.8 Å². The van der Waals surface area contributed by atoms with Crippen molar-refractivity contribution in [2.24, 2.45) is 5.92 Å². The molecule has 0 radical (unpaired) electrons. The fourth-order valence-corrected chi connectivity index (χ4v) is 5.40. The monoisotopic (exact) mass is 496 g/mol. The van der Waals surface area contributed by atoms with Crippen LogP contribution in [0.1, 0.15) is 62.4 Å². The van der Waals surface area contributed by atoms with Gasteiger partial charge in [0.25, 0.3) is 0 Å². The number of rotatable bonds is 7. The van der Waals surface area contributed by atoms with Crippen LogP contribution in [0.5, 0.6) is 0 Å². The molecule has 1 saturated heterocycles. The minimum absolute atomic E-state index is 0.0188. The van der Waals surface area contributed by atoms with Gasteiger partial charge >= 0.3 is 0 Å². The summed E-state index contributed by atoms with van der Waals surface area (Å²) in [5.41, 5.74) is 4.71. The lowest BCUT2D eigenvalue weighted by atomic mass is 9.88. The zero-order valence-electron chi connectivity index (χ0n) is 21.1. The van der Waals surface area contributed by atoms with Crippen LogP contribution < -0.4 is 10.2 Å². The molecule has 0 saturated carbocycles. The van der Waals surface area contributed by atoms with E-state index in [1.54, 1.807) is 6.07 Å². The number of nitrogens with one attached hydrogen (secondary N) is 1. The lowest BCUT2D eigenvalue weighted by molar-refractivity contribution is -0.122. The predicted molar refractivity (Wildman–Crippen MR) is 135 cm³/mol. The first-order chi connectivity index (χ1) is 17.4. The molecule has 1 aromatic heterocycles. The minimum atomic E-state index is -0.814. The summed E-state index contributed by atoms with van der Waals surface area (Å²) < 4.78 is 26.7. The second-order valence-corrected chi connectivity index (χ2v) is 10.5. The van der Waals surface area contributed by atoms with Gasteiger partial charge < -0.3 is 10.2 Å². The van der Waals surface area contributed by atoms with Crippen molar-refractivity contribution in [3.8, 4) is 0 Å². The van der Waals surface area contributed by atoms with Gasteiger partial charge in [0, 0.05) is 39.3 Å². The van der Waals surface area contributed by atoms with Crippen LogP contribution in [0.15, 0.2) is 23.8 Å². The van der Waals surface area contributed by atoms with Gasteiger partial charge in [-0.05, 0) is 66.9 Å². The summed E-state index contributed by atoms with van der Waals surface area (Å²) in [6.45, 7) is 8.73. The van der Waals surface area contributed by atoms with E-state index in [-0.39, 0.29) is 11.8 Å². The van der Waals surface area contributed by atoms with E-state index in [9.17, 15) is 13.6 Å². The van der Waals surface area contributed by atoms with Crippen molar-refractivity contribution >= 4 is 17.4 Å². The fourth-order valence-electron chi connectivity index (χ4n) is 5.40. The van der Waals surface area contributed by atoms with Crippen molar-refractivity contribution in [1.29, 1.82) is 0 Å². The summed E-state index contributed by atoms with van der Waals surface area (Å²) in [4.78, 5) is 22.6. The SMILES string of the molecule is CC(C)CNC(=O)C1C2=C(CCCC2)c2nnc(N3CCN(CCc4ccc(F)c(F)c4)CC3)nc21. The Morgan fingerprint density at radius 2 is 1.86 bits per heavy atom. The Kier molecular flexibility index (Phi) is 7.27. The number of carbonyl (C=O) groups excluding carboxylic acids is 1. The molecule has 9 heteroatoms. The van der Waals surface area contributed by atoms with Gasteiger partial charge in [0.15, 0.2) is 11.6 Å².